The number of aromatic nitrogens is 2. The van der Waals surface area contributed by atoms with Gasteiger partial charge in [0, 0.05) is 5.02 Å². The van der Waals surface area contributed by atoms with Crippen molar-refractivity contribution < 1.29 is 9.53 Å². The summed E-state index contributed by atoms with van der Waals surface area (Å²) >= 11 is 10.7. The second-order valence-electron chi connectivity index (χ2n) is 5.39. The maximum absolute atomic E-state index is 12.4. The number of urea groups is 1. The Morgan fingerprint density at radius 2 is 1.85 bits per heavy atom. The van der Waals surface area contributed by atoms with Gasteiger partial charge in [0.15, 0.2) is 9.47 Å². The second kappa shape index (κ2) is 7.51. The fourth-order valence-electron chi connectivity index (χ4n) is 2.52. The van der Waals surface area contributed by atoms with Crippen molar-refractivity contribution in [2.24, 2.45) is 0 Å². The highest BCUT2D eigenvalue weighted by Crippen LogP contribution is 2.38. The smallest absolute Gasteiger partial charge is 0.325 e. The monoisotopic (exact) mass is 436 g/mol. The number of amides is 2. The summed E-state index contributed by atoms with van der Waals surface area (Å²) < 4.78 is 8.34. The van der Waals surface area contributed by atoms with Crippen LogP contribution in [-0.2, 0) is 0 Å². The van der Waals surface area contributed by atoms with Crippen molar-refractivity contribution in [3.05, 3.63) is 35.4 Å². The fraction of sp³-hybridized carbons (Fsp3) is 0.118. The van der Waals surface area contributed by atoms with Gasteiger partial charge in [-0.3, -0.25) is 5.32 Å². The summed E-state index contributed by atoms with van der Waals surface area (Å²) in [6, 6.07) is 8.47. The van der Waals surface area contributed by atoms with E-state index in [1.807, 2.05) is 18.4 Å². The van der Waals surface area contributed by atoms with Crippen molar-refractivity contribution in [3.8, 4) is 5.75 Å². The number of nitrogens with one attached hydrogen (secondary N) is 2. The average Bonchev–Trinajstić information content (AvgIpc) is 3.24. The van der Waals surface area contributed by atoms with Crippen LogP contribution in [0.3, 0.4) is 0 Å². The average molecular weight is 437 g/mol. The van der Waals surface area contributed by atoms with E-state index in [-0.39, 0.29) is 0 Å². The Morgan fingerprint density at radius 1 is 1.11 bits per heavy atom. The highest BCUT2D eigenvalue weighted by molar-refractivity contribution is 8.00. The fourth-order valence-corrected chi connectivity index (χ4v) is 5.35. The first-order valence-corrected chi connectivity index (χ1v) is 11.0. The predicted octanol–water partition coefficient (Wildman–Crippen LogP) is 5.93. The van der Waals surface area contributed by atoms with Crippen LogP contribution in [0.2, 0.25) is 5.02 Å². The first-order valence-electron chi connectivity index (χ1n) is 7.73. The van der Waals surface area contributed by atoms with Crippen LogP contribution in [0.15, 0.2) is 34.7 Å². The van der Waals surface area contributed by atoms with E-state index in [9.17, 15) is 4.79 Å². The van der Waals surface area contributed by atoms with E-state index in [0.717, 1.165) is 24.8 Å². The van der Waals surface area contributed by atoms with Crippen LogP contribution in [0.5, 0.6) is 5.75 Å². The summed E-state index contributed by atoms with van der Waals surface area (Å²) in [5.41, 5.74) is 2.26. The van der Waals surface area contributed by atoms with Gasteiger partial charge in [-0.25, -0.2) is 14.8 Å². The molecule has 27 heavy (non-hydrogen) atoms. The van der Waals surface area contributed by atoms with Crippen molar-refractivity contribution in [1.82, 2.24) is 9.97 Å². The summed E-state index contributed by atoms with van der Waals surface area (Å²) in [7, 11) is 1.53. The van der Waals surface area contributed by atoms with Gasteiger partial charge in [-0.2, -0.15) is 0 Å². The van der Waals surface area contributed by atoms with Crippen LogP contribution in [0.1, 0.15) is 0 Å². The summed E-state index contributed by atoms with van der Waals surface area (Å²) in [4.78, 5) is 21.5. The lowest BCUT2D eigenvalue weighted by atomic mass is 10.3. The Labute approximate surface area is 171 Å². The van der Waals surface area contributed by atoms with E-state index >= 15 is 0 Å². The van der Waals surface area contributed by atoms with Gasteiger partial charge in [0.05, 0.1) is 33.2 Å². The Balaban J connectivity index is 1.60. The SMILES string of the molecule is COc1ccc(Cl)cc1NC(=O)Nc1nc2ccc3nc(SC)sc3c2s1. The third-order valence-electron chi connectivity index (χ3n) is 3.70. The van der Waals surface area contributed by atoms with Crippen molar-refractivity contribution >= 4 is 83.3 Å². The summed E-state index contributed by atoms with van der Waals surface area (Å²) in [6.45, 7) is 0. The molecule has 2 aromatic carbocycles. The number of carbonyl (C=O) groups excluding carboxylic acids is 1. The molecule has 0 bridgehead atoms. The molecule has 2 aromatic heterocycles. The maximum Gasteiger partial charge on any atom is 0.325 e. The largest absolute Gasteiger partial charge is 0.495 e. The number of hydrogen-bond acceptors (Lipinski definition) is 7. The number of halogens is 1. The van der Waals surface area contributed by atoms with Crippen LogP contribution in [0.4, 0.5) is 15.6 Å². The zero-order valence-electron chi connectivity index (χ0n) is 14.2. The number of fused-ring (bicyclic) bond motifs is 3. The lowest BCUT2D eigenvalue weighted by Crippen LogP contribution is -2.19. The zero-order valence-corrected chi connectivity index (χ0v) is 17.4. The summed E-state index contributed by atoms with van der Waals surface area (Å²) in [5, 5.41) is 6.53. The van der Waals surface area contributed by atoms with E-state index < -0.39 is 6.03 Å². The third-order valence-corrected chi connectivity index (χ3v) is 7.14. The molecule has 10 heteroatoms. The molecule has 4 aromatic rings. The quantitative estimate of drug-likeness (QED) is 0.387. The van der Waals surface area contributed by atoms with E-state index in [4.69, 9.17) is 16.3 Å². The molecule has 0 atom stereocenters. The van der Waals surface area contributed by atoms with Gasteiger partial charge in [-0.15, -0.1) is 11.3 Å². The molecular formula is C17H13ClN4O2S3. The highest BCUT2D eigenvalue weighted by atomic mass is 35.5. The van der Waals surface area contributed by atoms with E-state index in [1.54, 1.807) is 41.3 Å². The molecule has 6 nitrogen and oxygen atoms in total. The van der Waals surface area contributed by atoms with Crippen molar-refractivity contribution in [2.45, 2.75) is 4.34 Å². The number of carbonyl (C=O) groups is 1. The Morgan fingerprint density at radius 3 is 2.59 bits per heavy atom. The van der Waals surface area contributed by atoms with Crippen molar-refractivity contribution in [1.29, 1.82) is 0 Å². The van der Waals surface area contributed by atoms with E-state index in [0.29, 0.717) is 21.6 Å². The number of anilines is 2. The van der Waals surface area contributed by atoms with Gasteiger partial charge < -0.3 is 10.1 Å². The second-order valence-corrected chi connectivity index (χ2v) is 8.88. The Hall–Kier alpha value is -2.07. The molecule has 0 aliphatic carbocycles. The van der Waals surface area contributed by atoms with Gasteiger partial charge in [0.1, 0.15) is 5.75 Å². The van der Waals surface area contributed by atoms with Gasteiger partial charge >= 0.3 is 6.03 Å². The molecule has 0 fully saturated rings. The normalized spacial score (nSPS) is 11.1. The molecule has 0 unspecified atom stereocenters. The lowest BCUT2D eigenvalue weighted by Gasteiger charge is -2.10. The number of ether oxygens (including phenoxy) is 1. The van der Waals surface area contributed by atoms with Crippen LogP contribution in [0, 0.1) is 0 Å². The molecule has 2 heterocycles. The van der Waals surface area contributed by atoms with Crippen LogP contribution in [0.25, 0.3) is 20.4 Å². The molecule has 0 spiro atoms. The number of thiazole rings is 2. The standard InChI is InChI=1S/C17H13ClN4O2S3/c1-24-12-6-3-8(18)7-11(12)19-15(23)22-16-20-9-4-5-10-14(13(9)26-16)27-17(21-10)25-2/h3-7H,1-2H3,(H2,19,20,22,23). The van der Waals surface area contributed by atoms with Gasteiger partial charge in [-0.05, 0) is 36.6 Å². The van der Waals surface area contributed by atoms with E-state index in [2.05, 4.69) is 20.6 Å². The van der Waals surface area contributed by atoms with Gasteiger partial charge in [0.25, 0.3) is 0 Å². The lowest BCUT2D eigenvalue weighted by molar-refractivity contribution is 0.262. The first-order chi connectivity index (χ1) is 13.1. The van der Waals surface area contributed by atoms with Crippen molar-refractivity contribution in [3.63, 3.8) is 0 Å². The Kier molecular flexibility index (Phi) is 5.09. The van der Waals surface area contributed by atoms with Gasteiger partial charge in [0.2, 0.25) is 0 Å². The highest BCUT2D eigenvalue weighted by Gasteiger charge is 2.14. The molecule has 0 aliphatic rings. The minimum atomic E-state index is -0.417. The van der Waals surface area contributed by atoms with E-state index in [1.165, 1.54) is 18.4 Å². The van der Waals surface area contributed by atoms with Crippen molar-refractivity contribution in [2.75, 3.05) is 24.0 Å². The number of thioether (sulfide) groups is 1. The number of rotatable bonds is 4. The molecular weight excluding hydrogens is 424 g/mol. The maximum atomic E-state index is 12.4. The molecule has 2 N–H and O–H groups in total. The third kappa shape index (κ3) is 3.68. The number of hydrogen-bond donors (Lipinski definition) is 2. The summed E-state index contributed by atoms with van der Waals surface area (Å²) in [6.07, 6.45) is 2.00. The molecule has 0 saturated heterocycles. The zero-order chi connectivity index (χ0) is 19.0. The molecule has 138 valence electrons. The number of methoxy groups -OCH3 is 1. The molecule has 4 rings (SSSR count). The van der Waals surface area contributed by atoms with Crippen LogP contribution in [-0.4, -0.2) is 29.4 Å². The molecule has 0 radical (unpaired) electrons. The van der Waals surface area contributed by atoms with Gasteiger partial charge in [-0.1, -0.05) is 34.7 Å². The van der Waals surface area contributed by atoms with Crippen LogP contribution >= 0.6 is 46.0 Å². The predicted molar refractivity (Wildman–Crippen MR) is 115 cm³/mol. The minimum Gasteiger partial charge on any atom is -0.495 e. The molecule has 2 amide bonds. The van der Waals surface area contributed by atoms with Crippen LogP contribution < -0.4 is 15.4 Å². The minimum absolute atomic E-state index is 0.417. The molecule has 0 aliphatic heterocycles. The first kappa shape index (κ1) is 18.3. The topological polar surface area (TPSA) is 76.1 Å². The molecule has 0 saturated carbocycles. The number of nitrogens with zero attached hydrogens (tertiary/aromatic N) is 2. The summed E-state index contributed by atoms with van der Waals surface area (Å²) in [5.74, 6) is 0.523. The Bertz CT molecular complexity index is 1160. The number of benzene rings is 2.